The second-order valence-electron chi connectivity index (χ2n) is 7.86. The molecule has 32 heavy (non-hydrogen) atoms. The zero-order valence-electron chi connectivity index (χ0n) is 18.2. The molecule has 4 rings (SSSR count). The second-order valence-corrected chi connectivity index (χ2v) is 9.52. The fourth-order valence-corrected chi connectivity index (χ4v) is 5.12. The van der Waals surface area contributed by atoms with Crippen LogP contribution in [0.4, 0.5) is 5.69 Å². The third kappa shape index (κ3) is 4.34. The number of rotatable bonds is 6. The number of anilines is 1. The van der Waals surface area contributed by atoms with E-state index in [1.807, 2.05) is 32.0 Å². The second kappa shape index (κ2) is 8.66. The maximum atomic E-state index is 13.3. The number of amides is 1. The van der Waals surface area contributed by atoms with Crippen LogP contribution < -0.4 is 9.46 Å². The predicted octanol–water partition coefficient (Wildman–Crippen LogP) is 4.08. The topological polar surface area (TPSA) is 102 Å². The third-order valence-corrected chi connectivity index (χ3v) is 6.89. The number of methoxy groups -OCH3 is 1. The van der Waals surface area contributed by atoms with E-state index in [1.54, 1.807) is 23.1 Å². The minimum atomic E-state index is -3.99. The van der Waals surface area contributed by atoms with Gasteiger partial charge in [0.05, 0.1) is 18.8 Å². The van der Waals surface area contributed by atoms with E-state index in [1.165, 1.54) is 19.2 Å². The van der Waals surface area contributed by atoms with Gasteiger partial charge in [-0.1, -0.05) is 22.9 Å². The van der Waals surface area contributed by atoms with E-state index >= 15 is 0 Å². The molecule has 1 atom stereocenters. The number of aryl methyl sites for hydroxylation is 2. The third-order valence-electron chi connectivity index (χ3n) is 5.49. The first-order valence-electron chi connectivity index (χ1n) is 10.3. The first kappa shape index (κ1) is 21.9. The molecule has 1 aliphatic rings. The van der Waals surface area contributed by atoms with Crippen molar-refractivity contribution in [1.29, 1.82) is 0 Å². The molecule has 1 amide bonds. The molecule has 1 N–H and O–H groups in total. The summed E-state index contributed by atoms with van der Waals surface area (Å²) in [4.78, 5) is 14.9. The number of benzene rings is 2. The zero-order valence-corrected chi connectivity index (χ0v) is 19.0. The SMILES string of the molecule is COc1ccc(C(=O)N2CCCC2c2cc(C)no2)cc1S(=O)(=O)Nc1ccc(C)cc1. The monoisotopic (exact) mass is 455 g/mol. The van der Waals surface area contributed by atoms with Crippen LogP contribution in [-0.4, -0.2) is 38.0 Å². The summed E-state index contributed by atoms with van der Waals surface area (Å²) in [5.41, 5.74) is 2.45. The summed E-state index contributed by atoms with van der Waals surface area (Å²) >= 11 is 0. The van der Waals surface area contributed by atoms with E-state index < -0.39 is 10.0 Å². The number of nitrogens with one attached hydrogen (secondary N) is 1. The molecule has 8 nitrogen and oxygen atoms in total. The lowest BCUT2D eigenvalue weighted by Crippen LogP contribution is -2.30. The molecule has 0 spiro atoms. The maximum Gasteiger partial charge on any atom is 0.265 e. The van der Waals surface area contributed by atoms with Crippen molar-refractivity contribution in [3.8, 4) is 5.75 Å². The molecule has 0 aliphatic carbocycles. The van der Waals surface area contributed by atoms with Gasteiger partial charge in [-0.15, -0.1) is 0 Å². The number of carbonyl (C=O) groups excluding carboxylic acids is 1. The lowest BCUT2D eigenvalue weighted by molar-refractivity contribution is 0.0714. The molecule has 3 aromatic rings. The molecule has 168 valence electrons. The van der Waals surface area contributed by atoms with Crippen molar-refractivity contribution in [2.45, 2.75) is 37.6 Å². The van der Waals surface area contributed by atoms with Gasteiger partial charge in [0.25, 0.3) is 15.9 Å². The van der Waals surface area contributed by atoms with Crippen molar-refractivity contribution in [3.05, 3.63) is 71.1 Å². The van der Waals surface area contributed by atoms with Crippen molar-refractivity contribution in [2.24, 2.45) is 0 Å². The highest BCUT2D eigenvalue weighted by Gasteiger charge is 2.34. The maximum absolute atomic E-state index is 13.3. The molecule has 0 bridgehead atoms. The van der Waals surface area contributed by atoms with Crippen LogP contribution in [0.1, 0.15) is 46.3 Å². The number of ether oxygens (including phenoxy) is 1. The van der Waals surface area contributed by atoms with Crippen LogP contribution in [-0.2, 0) is 10.0 Å². The van der Waals surface area contributed by atoms with E-state index in [0.717, 1.165) is 24.1 Å². The lowest BCUT2D eigenvalue weighted by atomic mass is 10.1. The van der Waals surface area contributed by atoms with Crippen LogP contribution in [0.25, 0.3) is 0 Å². The summed E-state index contributed by atoms with van der Waals surface area (Å²) in [5, 5.41) is 3.93. The highest BCUT2D eigenvalue weighted by Crippen LogP contribution is 2.35. The van der Waals surface area contributed by atoms with E-state index in [0.29, 0.717) is 18.0 Å². The quantitative estimate of drug-likeness (QED) is 0.601. The normalized spacial score (nSPS) is 16.2. The summed E-state index contributed by atoms with van der Waals surface area (Å²) in [6.07, 6.45) is 1.59. The summed E-state index contributed by atoms with van der Waals surface area (Å²) < 4.78 is 39.4. The average Bonchev–Trinajstić information content (AvgIpc) is 3.43. The Balaban J connectivity index is 1.65. The van der Waals surface area contributed by atoms with E-state index in [9.17, 15) is 13.2 Å². The van der Waals surface area contributed by atoms with Crippen LogP contribution in [0.15, 0.2) is 57.9 Å². The van der Waals surface area contributed by atoms with Gasteiger partial charge in [0.15, 0.2) is 5.76 Å². The van der Waals surface area contributed by atoms with Gasteiger partial charge in [0.1, 0.15) is 10.6 Å². The predicted molar refractivity (Wildman–Crippen MR) is 119 cm³/mol. The number of hydrogen-bond acceptors (Lipinski definition) is 6. The molecule has 1 saturated heterocycles. The number of nitrogens with zero attached hydrogens (tertiary/aromatic N) is 2. The fraction of sp³-hybridized carbons (Fsp3) is 0.304. The van der Waals surface area contributed by atoms with Crippen molar-refractivity contribution in [1.82, 2.24) is 10.1 Å². The van der Waals surface area contributed by atoms with Gasteiger partial charge in [-0.3, -0.25) is 9.52 Å². The summed E-state index contributed by atoms with van der Waals surface area (Å²) in [6.45, 7) is 4.30. The Morgan fingerprint density at radius 2 is 1.91 bits per heavy atom. The number of aromatic nitrogens is 1. The Morgan fingerprint density at radius 3 is 2.56 bits per heavy atom. The number of hydrogen-bond donors (Lipinski definition) is 1. The average molecular weight is 456 g/mol. The van der Waals surface area contributed by atoms with Crippen molar-refractivity contribution in [3.63, 3.8) is 0 Å². The molecular formula is C23H25N3O5S. The van der Waals surface area contributed by atoms with E-state index in [4.69, 9.17) is 9.26 Å². The van der Waals surface area contributed by atoms with Crippen LogP contribution in [0.5, 0.6) is 5.75 Å². The van der Waals surface area contributed by atoms with Gasteiger partial charge >= 0.3 is 0 Å². The van der Waals surface area contributed by atoms with Crippen LogP contribution in [0.3, 0.4) is 0 Å². The molecule has 2 aromatic carbocycles. The van der Waals surface area contributed by atoms with Gasteiger partial charge in [0.2, 0.25) is 0 Å². The first-order chi connectivity index (χ1) is 15.3. The summed E-state index contributed by atoms with van der Waals surface area (Å²) in [6, 6.07) is 13.0. The molecule has 1 unspecified atom stereocenters. The smallest absolute Gasteiger partial charge is 0.265 e. The van der Waals surface area contributed by atoms with E-state index in [2.05, 4.69) is 9.88 Å². The molecule has 1 fully saturated rings. The van der Waals surface area contributed by atoms with Crippen LogP contribution >= 0.6 is 0 Å². The standard InChI is InChI=1S/C23H25N3O5S/c1-15-6-9-18(10-7-15)25-32(28,29)22-14-17(8-11-20(22)30-3)23(27)26-12-4-5-19(26)21-13-16(2)24-31-21/h6-11,13-14,19,25H,4-5,12H2,1-3H3. The van der Waals surface area contributed by atoms with Crippen LogP contribution in [0, 0.1) is 13.8 Å². The number of sulfonamides is 1. The van der Waals surface area contributed by atoms with Gasteiger partial charge < -0.3 is 14.2 Å². The largest absolute Gasteiger partial charge is 0.495 e. The summed E-state index contributed by atoms with van der Waals surface area (Å²) in [5.74, 6) is 0.525. The van der Waals surface area contributed by atoms with Gasteiger partial charge in [-0.05, 0) is 57.0 Å². The molecule has 2 heterocycles. The Bertz CT molecular complexity index is 1230. The first-order valence-corrected chi connectivity index (χ1v) is 11.8. The zero-order chi connectivity index (χ0) is 22.9. The molecule has 9 heteroatoms. The van der Waals surface area contributed by atoms with Crippen molar-refractivity contribution in [2.75, 3.05) is 18.4 Å². The molecule has 1 aromatic heterocycles. The molecule has 0 radical (unpaired) electrons. The Hall–Kier alpha value is -3.33. The Labute approximate surface area is 187 Å². The minimum Gasteiger partial charge on any atom is -0.495 e. The highest BCUT2D eigenvalue weighted by atomic mass is 32.2. The lowest BCUT2D eigenvalue weighted by Gasteiger charge is -2.23. The molecule has 1 aliphatic heterocycles. The minimum absolute atomic E-state index is 0.0994. The van der Waals surface area contributed by atoms with Gasteiger partial charge in [-0.2, -0.15) is 0 Å². The van der Waals surface area contributed by atoms with Crippen molar-refractivity contribution >= 4 is 21.6 Å². The van der Waals surface area contributed by atoms with E-state index in [-0.39, 0.29) is 28.2 Å². The highest BCUT2D eigenvalue weighted by molar-refractivity contribution is 7.92. The summed E-state index contributed by atoms with van der Waals surface area (Å²) in [7, 11) is -2.59. The Morgan fingerprint density at radius 1 is 1.16 bits per heavy atom. The molecular weight excluding hydrogens is 430 g/mol. The van der Waals surface area contributed by atoms with Gasteiger partial charge in [-0.25, -0.2) is 8.42 Å². The van der Waals surface area contributed by atoms with Crippen molar-refractivity contribution < 1.29 is 22.5 Å². The molecule has 0 saturated carbocycles. The number of likely N-dealkylation sites (tertiary alicyclic amines) is 1. The number of carbonyl (C=O) groups is 1. The van der Waals surface area contributed by atoms with Crippen LogP contribution in [0.2, 0.25) is 0 Å². The Kier molecular flexibility index (Phi) is 5.92. The van der Waals surface area contributed by atoms with Gasteiger partial charge in [0, 0.05) is 23.9 Å². The fourth-order valence-electron chi connectivity index (χ4n) is 3.86.